The van der Waals surface area contributed by atoms with Gasteiger partial charge < -0.3 is 4.90 Å². The highest BCUT2D eigenvalue weighted by atomic mass is 19.2. The van der Waals surface area contributed by atoms with Crippen LogP contribution in [0.15, 0.2) is 36.8 Å². The highest BCUT2D eigenvalue weighted by molar-refractivity contribution is 5.37. The zero-order chi connectivity index (χ0) is 16.2. The molecule has 0 radical (unpaired) electrons. The summed E-state index contributed by atoms with van der Waals surface area (Å²) in [5.74, 6) is -0.678. The first kappa shape index (κ1) is 15.8. The second kappa shape index (κ2) is 7.00. The molecule has 1 aromatic heterocycles. The second-order valence-electron chi connectivity index (χ2n) is 5.96. The van der Waals surface area contributed by atoms with E-state index in [2.05, 4.69) is 19.8 Å². The topological polar surface area (TPSA) is 32.3 Å². The summed E-state index contributed by atoms with van der Waals surface area (Å²) in [6.07, 6.45) is 5.45. The number of likely N-dealkylation sites (N-methyl/N-ethyl adjacent to an activating group) is 1. The van der Waals surface area contributed by atoms with Crippen LogP contribution in [0.2, 0.25) is 0 Å². The molecule has 1 fully saturated rings. The minimum atomic E-state index is -0.797. The summed E-state index contributed by atoms with van der Waals surface area (Å²) >= 11 is 0. The van der Waals surface area contributed by atoms with Gasteiger partial charge in [0.15, 0.2) is 11.6 Å². The molecule has 2 aromatic rings. The standard InChI is InChI=1S/C17H20F2N4/c1-22(17-6-7-20-12-21-17)14-3-2-8-23(11-14)10-13-4-5-15(18)16(19)9-13/h4-7,9,12,14H,2-3,8,10-11H2,1H3. The Labute approximate surface area is 134 Å². The van der Waals surface area contributed by atoms with Gasteiger partial charge in [-0.3, -0.25) is 4.90 Å². The summed E-state index contributed by atoms with van der Waals surface area (Å²) in [7, 11) is 2.04. The van der Waals surface area contributed by atoms with Gasteiger partial charge in [0.1, 0.15) is 12.1 Å². The molecule has 122 valence electrons. The molecule has 0 N–H and O–H groups in total. The highest BCUT2D eigenvalue weighted by Gasteiger charge is 2.24. The molecule has 4 nitrogen and oxygen atoms in total. The first-order valence-corrected chi connectivity index (χ1v) is 7.78. The van der Waals surface area contributed by atoms with Crippen molar-refractivity contribution in [1.29, 1.82) is 0 Å². The van der Waals surface area contributed by atoms with E-state index < -0.39 is 11.6 Å². The number of halogens is 2. The number of benzene rings is 1. The van der Waals surface area contributed by atoms with E-state index in [0.717, 1.165) is 37.3 Å². The van der Waals surface area contributed by atoms with Gasteiger partial charge in [0.05, 0.1) is 0 Å². The Kier molecular flexibility index (Phi) is 4.81. The molecule has 6 heteroatoms. The molecule has 1 saturated heterocycles. The lowest BCUT2D eigenvalue weighted by Gasteiger charge is -2.38. The molecule has 0 spiro atoms. The van der Waals surface area contributed by atoms with Crippen molar-refractivity contribution in [2.24, 2.45) is 0 Å². The van der Waals surface area contributed by atoms with Gasteiger partial charge in [0, 0.05) is 32.4 Å². The summed E-state index contributed by atoms with van der Waals surface area (Å²) in [4.78, 5) is 12.7. The second-order valence-corrected chi connectivity index (χ2v) is 5.96. The zero-order valence-electron chi connectivity index (χ0n) is 13.1. The van der Waals surface area contributed by atoms with Crippen LogP contribution in [0, 0.1) is 11.6 Å². The van der Waals surface area contributed by atoms with Crippen molar-refractivity contribution in [2.75, 3.05) is 25.0 Å². The van der Waals surface area contributed by atoms with Crippen LogP contribution < -0.4 is 4.90 Å². The van der Waals surface area contributed by atoms with E-state index in [1.807, 2.05) is 13.1 Å². The Hall–Kier alpha value is -2.08. The number of hydrogen-bond acceptors (Lipinski definition) is 4. The number of likely N-dealkylation sites (tertiary alicyclic amines) is 1. The van der Waals surface area contributed by atoms with E-state index in [1.54, 1.807) is 18.6 Å². The van der Waals surface area contributed by atoms with Crippen molar-refractivity contribution in [2.45, 2.75) is 25.4 Å². The zero-order valence-corrected chi connectivity index (χ0v) is 13.1. The van der Waals surface area contributed by atoms with Gasteiger partial charge in [0.25, 0.3) is 0 Å². The van der Waals surface area contributed by atoms with Crippen molar-refractivity contribution in [3.8, 4) is 0 Å². The Morgan fingerprint density at radius 2 is 2.13 bits per heavy atom. The molecular formula is C17H20F2N4. The maximum atomic E-state index is 13.3. The third-order valence-electron chi connectivity index (χ3n) is 4.35. The largest absolute Gasteiger partial charge is 0.355 e. The number of rotatable bonds is 4. The number of aromatic nitrogens is 2. The number of nitrogens with zero attached hydrogens (tertiary/aromatic N) is 4. The molecule has 3 rings (SSSR count). The summed E-state index contributed by atoms with van der Waals surface area (Å²) in [6, 6.07) is 6.38. The predicted octanol–water partition coefficient (Wildman–Crippen LogP) is 2.86. The average Bonchev–Trinajstić information content (AvgIpc) is 2.58. The van der Waals surface area contributed by atoms with Gasteiger partial charge in [-0.2, -0.15) is 0 Å². The van der Waals surface area contributed by atoms with Crippen LogP contribution in [0.25, 0.3) is 0 Å². The monoisotopic (exact) mass is 318 g/mol. The first-order valence-electron chi connectivity index (χ1n) is 7.78. The normalized spacial score (nSPS) is 18.8. The lowest BCUT2D eigenvalue weighted by atomic mass is 10.0. The molecule has 0 aliphatic carbocycles. The molecule has 2 heterocycles. The fourth-order valence-electron chi connectivity index (χ4n) is 3.07. The van der Waals surface area contributed by atoms with E-state index in [0.29, 0.717) is 12.6 Å². The molecule has 0 saturated carbocycles. The van der Waals surface area contributed by atoms with Crippen LogP contribution in [0.1, 0.15) is 18.4 Å². The van der Waals surface area contributed by atoms with Crippen molar-refractivity contribution in [3.05, 3.63) is 54.0 Å². The van der Waals surface area contributed by atoms with Gasteiger partial charge >= 0.3 is 0 Å². The summed E-state index contributed by atoms with van der Waals surface area (Å²) in [6.45, 7) is 2.47. The molecule has 0 bridgehead atoms. The first-order chi connectivity index (χ1) is 11.1. The molecule has 1 unspecified atom stereocenters. The van der Waals surface area contributed by atoms with Crippen molar-refractivity contribution in [1.82, 2.24) is 14.9 Å². The number of anilines is 1. The molecule has 0 amide bonds. The van der Waals surface area contributed by atoms with Crippen LogP contribution >= 0.6 is 0 Å². The summed E-state index contributed by atoms with van der Waals surface area (Å²) in [5.41, 5.74) is 0.800. The third-order valence-corrected chi connectivity index (χ3v) is 4.35. The van der Waals surface area contributed by atoms with Crippen LogP contribution in [0.3, 0.4) is 0 Å². The Bertz CT molecular complexity index is 650. The lowest BCUT2D eigenvalue weighted by molar-refractivity contribution is 0.198. The molecule has 23 heavy (non-hydrogen) atoms. The predicted molar refractivity (Wildman–Crippen MR) is 85.1 cm³/mol. The summed E-state index contributed by atoms with van der Waals surface area (Å²) < 4.78 is 26.4. The fraction of sp³-hybridized carbons (Fsp3) is 0.412. The Morgan fingerprint density at radius 3 is 2.87 bits per heavy atom. The Balaban J connectivity index is 1.65. The van der Waals surface area contributed by atoms with Crippen LogP contribution in [0.5, 0.6) is 0 Å². The maximum absolute atomic E-state index is 13.3. The van der Waals surface area contributed by atoms with Crippen molar-refractivity contribution < 1.29 is 8.78 Å². The van der Waals surface area contributed by atoms with Crippen LogP contribution in [-0.4, -0.2) is 41.0 Å². The van der Waals surface area contributed by atoms with Gasteiger partial charge in [-0.25, -0.2) is 18.7 Å². The van der Waals surface area contributed by atoms with E-state index in [9.17, 15) is 8.78 Å². The van der Waals surface area contributed by atoms with Crippen LogP contribution in [-0.2, 0) is 6.54 Å². The molecule has 1 atom stereocenters. The molecule has 1 aromatic carbocycles. The lowest BCUT2D eigenvalue weighted by Crippen LogP contribution is -2.46. The van der Waals surface area contributed by atoms with E-state index >= 15 is 0 Å². The number of hydrogen-bond donors (Lipinski definition) is 0. The third kappa shape index (κ3) is 3.82. The summed E-state index contributed by atoms with van der Waals surface area (Å²) in [5, 5.41) is 0. The van der Waals surface area contributed by atoms with Crippen molar-refractivity contribution >= 4 is 5.82 Å². The van der Waals surface area contributed by atoms with Crippen molar-refractivity contribution in [3.63, 3.8) is 0 Å². The van der Waals surface area contributed by atoms with Gasteiger partial charge in [-0.05, 0) is 43.1 Å². The fourth-order valence-corrected chi connectivity index (χ4v) is 3.07. The maximum Gasteiger partial charge on any atom is 0.159 e. The minimum Gasteiger partial charge on any atom is -0.355 e. The molecular weight excluding hydrogens is 298 g/mol. The highest BCUT2D eigenvalue weighted by Crippen LogP contribution is 2.21. The SMILES string of the molecule is CN(c1ccncn1)C1CCCN(Cc2ccc(F)c(F)c2)C1. The Morgan fingerprint density at radius 1 is 1.26 bits per heavy atom. The quantitative estimate of drug-likeness (QED) is 0.868. The minimum absolute atomic E-state index is 0.351. The molecule has 1 aliphatic rings. The number of piperidine rings is 1. The van der Waals surface area contributed by atoms with Gasteiger partial charge in [-0.15, -0.1) is 0 Å². The average molecular weight is 318 g/mol. The van der Waals surface area contributed by atoms with E-state index in [4.69, 9.17) is 0 Å². The molecule has 1 aliphatic heterocycles. The smallest absolute Gasteiger partial charge is 0.159 e. The van der Waals surface area contributed by atoms with Gasteiger partial charge in [-0.1, -0.05) is 6.07 Å². The van der Waals surface area contributed by atoms with Gasteiger partial charge in [0.2, 0.25) is 0 Å². The van der Waals surface area contributed by atoms with E-state index in [1.165, 1.54) is 12.1 Å². The van der Waals surface area contributed by atoms with Crippen LogP contribution in [0.4, 0.5) is 14.6 Å². The van der Waals surface area contributed by atoms with E-state index in [-0.39, 0.29) is 0 Å².